The average molecular weight is 360 g/mol. The Morgan fingerprint density at radius 1 is 1.36 bits per heavy atom. The lowest BCUT2D eigenvalue weighted by atomic mass is 9.94. The summed E-state index contributed by atoms with van der Waals surface area (Å²) in [5.41, 5.74) is 0.630. The molecule has 0 aliphatic heterocycles. The molecule has 25 heavy (non-hydrogen) atoms. The number of anilines is 1. The van der Waals surface area contributed by atoms with Crippen molar-refractivity contribution in [2.24, 2.45) is 0 Å². The Bertz CT molecular complexity index is 890. The molecular formula is C16H17FN6OS. The first-order valence-electron chi connectivity index (χ1n) is 7.57. The van der Waals surface area contributed by atoms with Crippen molar-refractivity contribution in [3.63, 3.8) is 0 Å². The smallest absolute Gasteiger partial charge is 0.283 e. The summed E-state index contributed by atoms with van der Waals surface area (Å²) in [5, 5.41) is 3.17. The number of amides is 1. The van der Waals surface area contributed by atoms with E-state index in [0.29, 0.717) is 16.6 Å². The first kappa shape index (κ1) is 17.2. The van der Waals surface area contributed by atoms with Gasteiger partial charge >= 0.3 is 6.03 Å². The van der Waals surface area contributed by atoms with Crippen LogP contribution in [0.25, 0.3) is 10.6 Å². The molecule has 7 nitrogen and oxygen atoms in total. The number of rotatable bonds is 4. The minimum Gasteiger partial charge on any atom is -0.283 e. The lowest BCUT2D eigenvalue weighted by molar-refractivity contribution is 0.253. The monoisotopic (exact) mass is 360 g/mol. The highest BCUT2D eigenvalue weighted by atomic mass is 32.1. The summed E-state index contributed by atoms with van der Waals surface area (Å²) in [4.78, 5) is 29.7. The summed E-state index contributed by atoms with van der Waals surface area (Å²) in [6, 6.07) is 1.40. The van der Waals surface area contributed by atoms with Crippen molar-refractivity contribution in [1.82, 2.24) is 24.5 Å². The SMILES string of the molecule is Cc1nc(NC(=O)n2ccnc2)sc1-c1ccnc(C(C)(C)CF)n1. The summed E-state index contributed by atoms with van der Waals surface area (Å²) in [5.74, 6) is 0.435. The molecule has 0 aromatic carbocycles. The molecule has 0 unspecified atom stereocenters. The second-order valence-corrected chi connectivity index (χ2v) is 7.12. The van der Waals surface area contributed by atoms with Gasteiger partial charge in [0.1, 0.15) is 18.8 Å². The molecule has 0 atom stereocenters. The first-order chi connectivity index (χ1) is 11.9. The maximum atomic E-state index is 13.2. The van der Waals surface area contributed by atoms with Crippen molar-refractivity contribution in [3.8, 4) is 10.6 Å². The van der Waals surface area contributed by atoms with Gasteiger partial charge in [0.2, 0.25) is 0 Å². The number of thiazole rings is 1. The number of aromatic nitrogens is 5. The van der Waals surface area contributed by atoms with E-state index < -0.39 is 12.1 Å². The molecule has 0 saturated carbocycles. The van der Waals surface area contributed by atoms with E-state index in [4.69, 9.17) is 0 Å². The van der Waals surface area contributed by atoms with Gasteiger partial charge in [-0.05, 0) is 13.0 Å². The molecule has 3 heterocycles. The van der Waals surface area contributed by atoms with Gasteiger partial charge in [-0.15, -0.1) is 0 Å². The van der Waals surface area contributed by atoms with Gasteiger partial charge in [-0.1, -0.05) is 25.2 Å². The maximum Gasteiger partial charge on any atom is 0.333 e. The van der Waals surface area contributed by atoms with Crippen molar-refractivity contribution < 1.29 is 9.18 Å². The number of alkyl halides is 1. The topological polar surface area (TPSA) is 85.6 Å². The summed E-state index contributed by atoms with van der Waals surface area (Å²) in [7, 11) is 0. The van der Waals surface area contributed by atoms with Crippen molar-refractivity contribution in [2.75, 3.05) is 12.0 Å². The van der Waals surface area contributed by atoms with Gasteiger partial charge in [-0.2, -0.15) is 0 Å². The summed E-state index contributed by atoms with van der Waals surface area (Å²) in [6.45, 7) is 4.79. The second kappa shape index (κ2) is 6.67. The number of nitrogens with one attached hydrogen (secondary N) is 1. The summed E-state index contributed by atoms with van der Waals surface area (Å²) >= 11 is 1.30. The third kappa shape index (κ3) is 3.55. The minimum absolute atomic E-state index is 0.347. The van der Waals surface area contributed by atoms with Gasteiger partial charge in [0.25, 0.3) is 0 Å². The lowest BCUT2D eigenvalue weighted by Gasteiger charge is -2.18. The van der Waals surface area contributed by atoms with Crippen LogP contribution in [0.4, 0.5) is 14.3 Å². The Morgan fingerprint density at radius 3 is 2.84 bits per heavy atom. The normalized spacial score (nSPS) is 11.5. The average Bonchev–Trinajstić information content (AvgIpc) is 3.25. The van der Waals surface area contributed by atoms with E-state index in [-0.39, 0.29) is 6.03 Å². The third-order valence-corrected chi connectivity index (χ3v) is 4.67. The number of aryl methyl sites for hydroxylation is 1. The van der Waals surface area contributed by atoms with Gasteiger partial charge in [0.15, 0.2) is 5.13 Å². The van der Waals surface area contributed by atoms with Crippen molar-refractivity contribution in [2.45, 2.75) is 26.2 Å². The van der Waals surface area contributed by atoms with Gasteiger partial charge in [-0.25, -0.2) is 24.7 Å². The van der Waals surface area contributed by atoms with E-state index in [1.165, 1.54) is 28.4 Å². The second-order valence-electron chi connectivity index (χ2n) is 6.12. The highest BCUT2D eigenvalue weighted by molar-refractivity contribution is 7.19. The van der Waals surface area contributed by atoms with Crippen LogP contribution in [-0.4, -0.2) is 37.2 Å². The zero-order valence-corrected chi connectivity index (χ0v) is 14.8. The quantitative estimate of drug-likeness (QED) is 0.770. The summed E-state index contributed by atoms with van der Waals surface area (Å²) in [6.07, 6.45) is 6.09. The Labute approximate surface area is 148 Å². The summed E-state index contributed by atoms with van der Waals surface area (Å²) < 4.78 is 14.5. The Balaban J connectivity index is 1.88. The molecule has 0 spiro atoms. The number of imidazole rings is 1. The zero-order valence-electron chi connectivity index (χ0n) is 14.0. The largest absolute Gasteiger partial charge is 0.333 e. The molecule has 130 valence electrons. The molecule has 3 aromatic rings. The van der Waals surface area contributed by atoms with Gasteiger partial charge in [-0.3, -0.25) is 14.3 Å². The molecule has 0 aliphatic carbocycles. The highest BCUT2D eigenvalue weighted by Crippen LogP contribution is 2.32. The molecule has 3 rings (SSSR count). The van der Waals surface area contributed by atoms with Crippen LogP contribution in [0, 0.1) is 6.92 Å². The van der Waals surface area contributed by atoms with Gasteiger partial charge < -0.3 is 0 Å². The number of hydrogen-bond donors (Lipinski definition) is 1. The molecule has 9 heteroatoms. The Kier molecular flexibility index (Phi) is 4.58. The van der Waals surface area contributed by atoms with Crippen LogP contribution in [0.5, 0.6) is 0 Å². The number of nitrogens with zero attached hydrogens (tertiary/aromatic N) is 5. The van der Waals surface area contributed by atoms with Crippen molar-refractivity contribution >= 4 is 22.5 Å². The van der Waals surface area contributed by atoms with Crippen LogP contribution < -0.4 is 5.32 Å². The van der Waals surface area contributed by atoms with E-state index >= 15 is 0 Å². The van der Waals surface area contributed by atoms with Gasteiger partial charge in [0, 0.05) is 18.6 Å². The van der Waals surface area contributed by atoms with Crippen LogP contribution in [0.1, 0.15) is 25.4 Å². The Hall–Kier alpha value is -2.68. The van der Waals surface area contributed by atoms with E-state index in [1.807, 2.05) is 6.92 Å². The van der Waals surface area contributed by atoms with Crippen LogP contribution >= 0.6 is 11.3 Å². The number of halogens is 1. The van der Waals surface area contributed by atoms with Crippen molar-refractivity contribution in [3.05, 3.63) is 42.5 Å². The van der Waals surface area contributed by atoms with E-state index in [2.05, 4.69) is 25.3 Å². The number of carbonyl (C=O) groups excluding carboxylic acids is 1. The van der Waals surface area contributed by atoms with Crippen molar-refractivity contribution in [1.29, 1.82) is 0 Å². The molecule has 0 saturated heterocycles. The predicted molar refractivity (Wildman–Crippen MR) is 93.5 cm³/mol. The molecule has 0 fully saturated rings. The predicted octanol–water partition coefficient (Wildman–Crippen LogP) is 3.43. The van der Waals surface area contributed by atoms with E-state index in [0.717, 1.165) is 10.6 Å². The lowest BCUT2D eigenvalue weighted by Crippen LogP contribution is -2.23. The minimum atomic E-state index is -0.757. The van der Waals surface area contributed by atoms with Gasteiger partial charge in [0.05, 0.1) is 21.7 Å². The van der Waals surface area contributed by atoms with E-state index in [1.54, 1.807) is 32.3 Å². The Morgan fingerprint density at radius 2 is 2.16 bits per heavy atom. The fourth-order valence-electron chi connectivity index (χ4n) is 2.09. The van der Waals surface area contributed by atoms with Crippen LogP contribution in [0.15, 0.2) is 31.0 Å². The molecule has 1 N–H and O–H groups in total. The number of carbonyl (C=O) groups is 1. The molecule has 1 amide bonds. The van der Waals surface area contributed by atoms with E-state index in [9.17, 15) is 9.18 Å². The standard InChI is InChI=1S/C16H17FN6OS/c1-10-12(11-4-5-19-13(21-11)16(2,3)8-17)25-14(20-10)22-15(24)23-7-6-18-9-23/h4-7,9H,8H2,1-3H3,(H,20,22,24). The number of hydrogen-bond acceptors (Lipinski definition) is 6. The molecular weight excluding hydrogens is 343 g/mol. The maximum absolute atomic E-state index is 13.2. The molecule has 0 radical (unpaired) electrons. The zero-order chi connectivity index (χ0) is 18.0. The highest BCUT2D eigenvalue weighted by Gasteiger charge is 2.25. The van der Waals surface area contributed by atoms with Crippen LogP contribution in [0.2, 0.25) is 0 Å². The third-order valence-electron chi connectivity index (χ3n) is 3.58. The van der Waals surface area contributed by atoms with Crippen LogP contribution in [-0.2, 0) is 5.41 Å². The fraction of sp³-hybridized carbons (Fsp3) is 0.312. The molecule has 0 bridgehead atoms. The first-order valence-corrected chi connectivity index (χ1v) is 8.39. The van der Waals surface area contributed by atoms with Crippen LogP contribution in [0.3, 0.4) is 0 Å². The fourth-order valence-corrected chi connectivity index (χ4v) is 3.02. The molecule has 0 aliphatic rings. The molecule has 3 aromatic heterocycles.